The Labute approximate surface area is 89.7 Å². The Morgan fingerprint density at radius 3 is 2.75 bits per heavy atom. The third-order valence-corrected chi connectivity index (χ3v) is 1.69. The lowest BCUT2D eigenvalue weighted by Crippen LogP contribution is -2.36. The SMILES string of the molecule is O=C(NCC(O)C(=O)O)c1cccc(F)n1. The number of amides is 1. The van der Waals surface area contributed by atoms with E-state index in [1.165, 1.54) is 12.1 Å². The monoisotopic (exact) mass is 228 g/mol. The predicted molar refractivity (Wildman–Crippen MR) is 50.2 cm³/mol. The van der Waals surface area contributed by atoms with E-state index in [2.05, 4.69) is 10.3 Å². The molecule has 0 aromatic carbocycles. The highest BCUT2D eigenvalue weighted by molar-refractivity contribution is 5.92. The van der Waals surface area contributed by atoms with E-state index in [0.29, 0.717) is 0 Å². The number of nitrogens with zero attached hydrogens (tertiary/aromatic N) is 1. The molecular formula is C9H9FN2O4. The minimum atomic E-state index is -1.70. The number of nitrogens with one attached hydrogen (secondary N) is 1. The van der Waals surface area contributed by atoms with Gasteiger partial charge in [0, 0.05) is 0 Å². The minimum Gasteiger partial charge on any atom is -0.479 e. The highest BCUT2D eigenvalue weighted by Crippen LogP contribution is 1.97. The van der Waals surface area contributed by atoms with Gasteiger partial charge in [0.05, 0.1) is 6.54 Å². The van der Waals surface area contributed by atoms with Crippen LogP contribution in [-0.4, -0.2) is 39.7 Å². The first-order valence-electron chi connectivity index (χ1n) is 4.32. The topological polar surface area (TPSA) is 99.5 Å². The number of carbonyl (C=O) groups excluding carboxylic acids is 1. The molecule has 1 amide bonds. The molecule has 1 atom stereocenters. The van der Waals surface area contributed by atoms with Crippen molar-refractivity contribution in [2.24, 2.45) is 0 Å². The van der Waals surface area contributed by atoms with Crippen molar-refractivity contribution in [3.63, 3.8) is 0 Å². The summed E-state index contributed by atoms with van der Waals surface area (Å²) >= 11 is 0. The number of pyridine rings is 1. The van der Waals surface area contributed by atoms with Crippen molar-refractivity contribution >= 4 is 11.9 Å². The number of carboxylic acids is 1. The molecule has 86 valence electrons. The summed E-state index contributed by atoms with van der Waals surface area (Å²) in [5.41, 5.74) is -0.183. The van der Waals surface area contributed by atoms with Crippen LogP contribution in [0.15, 0.2) is 18.2 Å². The van der Waals surface area contributed by atoms with Gasteiger partial charge < -0.3 is 15.5 Å². The van der Waals surface area contributed by atoms with E-state index in [0.717, 1.165) is 6.07 Å². The Kier molecular flexibility index (Phi) is 3.90. The molecule has 0 spiro atoms. The molecule has 7 heteroatoms. The standard InChI is InChI=1S/C9H9FN2O4/c10-7-3-1-2-5(12-7)8(14)11-4-6(13)9(15)16/h1-3,6,13H,4H2,(H,11,14)(H,15,16). The van der Waals surface area contributed by atoms with Gasteiger partial charge in [-0.1, -0.05) is 6.07 Å². The Balaban J connectivity index is 2.56. The summed E-state index contributed by atoms with van der Waals surface area (Å²) in [4.78, 5) is 24.8. The number of carboxylic acid groups (broad SMARTS) is 1. The molecule has 0 aliphatic rings. The maximum absolute atomic E-state index is 12.6. The predicted octanol–water partition coefficient (Wildman–Crippen LogP) is -0.604. The summed E-state index contributed by atoms with van der Waals surface area (Å²) in [6, 6.07) is 3.64. The van der Waals surface area contributed by atoms with Crippen LogP contribution < -0.4 is 5.32 Å². The molecule has 0 radical (unpaired) electrons. The van der Waals surface area contributed by atoms with Crippen molar-refractivity contribution in [1.82, 2.24) is 10.3 Å². The van der Waals surface area contributed by atoms with Crippen LogP contribution in [0.25, 0.3) is 0 Å². The molecule has 1 aromatic rings. The fourth-order valence-electron chi connectivity index (χ4n) is 0.902. The highest BCUT2D eigenvalue weighted by Gasteiger charge is 2.15. The van der Waals surface area contributed by atoms with E-state index in [1.807, 2.05) is 0 Å². The van der Waals surface area contributed by atoms with E-state index in [4.69, 9.17) is 10.2 Å². The normalized spacial score (nSPS) is 11.9. The van der Waals surface area contributed by atoms with Crippen LogP contribution in [-0.2, 0) is 4.79 Å². The number of halogens is 1. The molecule has 1 heterocycles. The lowest BCUT2D eigenvalue weighted by atomic mass is 10.3. The zero-order valence-electron chi connectivity index (χ0n) is 8.05. The van der Waals surface area contributed by atoms with Gasteiger partial charge in [0.25, 0.3) is 5.91 Å². The lowest BCUT2D eigenvalue weighted by molar-refractivity contribution is -0.146. The fourth-order valence-corrected chi connectivity index (χ4v) is 0.902. The molecule has 0 saturated heterocycles. The summed E-state index contributed by atoms with van der Waals surface area (Å²) in [5, 5.41) is 19.3. The van der Waals surface area contributed by atoms with Gasteiger partial charge in [0.1, 0.15) is 5.69 Å². The second-order valence-electron chi connectivity index (χ2n) is 2.91. The smallest absolute Gasteiger partial charge is 0.334 e. The molecular weight excluding hydrogens is 219 g/mol. The summed E-state index contributed by atoms with van der Waals surface area (Å²) in [6.45, 7) is -0.466. The molecule has 3 N–H and O–H groups in total. The first-order valence-corrected chi connectivity index (χ1v) is 4.32. The minimum absolute atomic E-state index is 0.183. The quantitative estimate of drug-likeness (QED) is 0.597. The van der Waals surface area contributed by atoms with Crippen LogP contribution in [0.2, 0.25) is 0 Å². The van der Waals surface area contributed by atoms with Crippen molar-refractivity contribution in [2.45, 2.75) is 6.10 Å². The summed E-state index contributed by atoms with van der Waals surface area (Å²) in [6.07, 6.45) is -1.70. The summed E-state index contributed by atoms with van der Waals surface area (Å²) in [7, 11) is 0. The van der Waals surface area contributed by atoms with Crippen LogP contribution in [0.4, 0.5) is 4.39 Å². The maximum atomic E-state index is 12.6. The molecule has 0 saturated carbocycles. The van der Waals surface area contributed by atoms with Crippen molar-refractivity contribution in [1.29, 1.82) is 0 Å². The van der Waals surface area contributed by atoms with Crippen LogP contribution >= 0.6 is 0 Å². The van der Waals surface area contributed by atoms with E-state index < -0.39 is 30.5 Å². The number of carbonyl (C=O) groups is 2. The maximum Gasteiger partial charge on any atom is 0.334 e. The van der Waals surface area contributed by atoms with Gasteiger partial charge in [0.15, 0.2) is 6.10 Å². The van der Waals surface area contributed by atoms with Gasteiger partial charge in [-0.3, -0.25) is 4.79 Å². The summed E-state index contributed by atoms with van der Waals surface area (Å²) < 4.78 is 12.6. The molecule has 0 aliphatic carbocycles. The van der Waals surface area contributed by atoms with E-state index in [9.17, 15) is 14.0 Å². The van der Waals surface area contributed by atoms with Gasteiger partial charge in [0.2, 0.25) is 5.95 Å². The molecule has 6 nitrogen and oxygen atoms in total. The van der Waals surface area contributed by atoms with Crippen molar-refractivity contribution in [3.8, 4) is 0 Å². The molecule has 0 bridgehead atoms. The second kappa shape index (κ2) is 5.17. The first kappa shape index (κ1) is 12.1. The van der Waals surface area contributed by atoms with Gasteiger partial charge in [-0.15, -0.1) is 0 Å². The molecule has 1 unspecified atom stereocenters. The van der Waals surface area contributed by atoms with Gasteiger partial charge in [-0.25, -0.2) is 9.78 Å². The number of aliphatic hydroxyl groups is 1. The van der Waals surface area contributed by atoms with Gasteiger partial charge in [-0.05, 0) is 12.1 Å². The number of hydrogen-bond donors (Lipinski definition) is 3. The second-order valence-corrected chi connectivity index (χ2v) is 2.91. The molecule has 0 fully saturated rings. The van der Waals surface area contributed by atoms with Crippen LogP contribution in [0, 0.1) is 5.95 Å². The van der Waals surface area contributed by atoms with Crippen molar-refractivity contribution in [3.05, 3.63) is 29.8 Å². The lowest BCUT2D eigenvalue weighted by Gasteiger charge is -2.06. The third kappa shape index (κ3) is 3.28. The van der Waals surface area contributed by atoms with Crippen LogP contribution in [0.5, 0.6) is 0 Å². The molecule has 1 rings (SSSR count). The Bertz CT molecular complexity index is 410. The molecule has 1 aromatic heterocycles. The molecule has 16 heavy (non-hydrogen) atoms. The van der Waals surface area contributed by atoms with E-state index in [1.54, 1.807) is 0 Å². The Hall–Kier alpha value is -2.02. The Morgan fingerprint density at radius 1 is 1.50 bits per heavy atom. The third-order valence-electron chi connectivity index (χ3n) is 1.69. The molecule has 0 aliphatic heterocycles. The zero-order chi connectivity index (χ0) is 12.1. The van der Waals surface area contributed by atoms with Gasteiger partial charge >= 0.3 is 5.97 Å². The summed E-state index contributed by atoms with van der Waals surface area (Å²) in [5.74, 6) is -3.02. The van der Waals surface area contributed by atoms with Crippen LogP contribution in [0.3, 0.4) is 0 Å². The average molecular weight is 228 g/mol. The number of hydrogen-bond acceptors (Lipinski definition) is 4. The van der Waals surface area contributed by atoms with Crippen molar-refractivity contribution in [2.75, 3.05) is 6.54 Å². The van der Waals surface area contributed by atoms with Gasteiger partial charge in [-0.2, -0.15) is 4.39 Å². The first-order chi connectivity index (χ1) is 7.50. The average Bonchev–Trinajstić information content (AvgIpc) is 2.25. The van der Waals surface area contributed by atoms with Crippen LogP contribution in [0.1, 0.15) is 10.5 Å². The zero-order valence-corrected chi connectivity index (χ0v) is 8.05. The van der Waals surface area contributed by atoms with E-state index in [-0.39, 0.29) is 5.69 Å². The highest BCUT2D eigenvalue weighted by atomic mass is 19.1. The largest absolute Gasteiger partial charge is 0.479 e. The van der Waals surface area contributed by atoms with Crippen molar-refractivity contribution < 1.29 is 24.2 Å². The number of aliphatic hydroxyl groups excluding tert-OH is 1. The van der Waals surface area contributed by atoms with E-state index >= 15 is 0 Å². The fraction of sp³-hybridized carbons (Fsp3) is 0.222. The number of rotatable bonds is 4. The number of aromatic nitrogens is 1. The Morgan fingerprint density at radius 2 is 2.19 bits per heavy atom. The number of aliphatic carboxylic acids is 1.